The van der Waals surface area contributed by atoms with Gasteiger partial charge in [0.2, 0.25) is 0 Å². The Hall–Kier alpha value is -0.940. The van der Waals surface area contributed by atoms with Gasteiger partial charge in [0, 0.05) is 12.5 Å². The van der Waals surface area contributed by atoms with Gasteiger partial charge in [0.1, 0.15) is 11.1 Å². The Balaban J connectivity index is 2.60. The third-order valence-electron chi connectivity index (χ3n) is 2.31. The Kier molecular flexibility index (Phi) is 6.15. The Bertz CT molecular complexity index is 351. The summed E-state index contributed by atoms with van der Waals surface area (Å²) in [4.78, 5) is 15.7. The van der Waals surface area contributed by atoms with Gasteiger partial charge in [-0.3, -0.25) is 4.79 Å². The number of aromatic nitrogens is 1. The van der Waals surface area contributed by atoms with E-state index in [1.54, 1.807) is 14.0 Å². The first-order valence-corrected chi connectivity index (χ1v) is 6.71. The Morgan fingerprint density at radius 2 is 2.29 bits per heavy atom. The van der Waals surface area contributed by atoms with Crippen molar-refractivity contribution < 1.29 is 14.3 Å². The maximum atomic E-state index is 11.3. The number of esters is 1. The molecule has 1 atom stereocenters. The highest BCUT2D eigenvalue weighted by atomic mass is 32.1. The largest absolute Gasteiger partial charge is 0.466 e. The minimum atomic E-state index is -0.228. The number of carbonyl (C=O) groups excluding carboxylic acids is 1. The molecule has 0 aromatic carbocycles. The third kappa shape index (κ3) is 4.44. The molecular formula is C12H19NO3S. The second-order valence-electron chi connectivity index (χ2n) is 3.67. The number of hydrogen-bond donors (Lipinski definition) is 0. The van der Waals surface area contributed by atoms with Gasteiger partial charge in [0.15, 0.2) is 0 Å². The summed E-state index contributed by atoms with van der Waals surface area (Å²) >= 11 is 1.54. The fourth-order valence-corrected chi connectivity index (χ4v) is 2.44. The lowest BCUT2D eigenvalue weighted by Gasteiger charge is -2.10. The Morgan fingerprint density at radius 3 is 2.88 bits per heavy atom. The summed E-state index contributed by atoms with van der Waals surface area (Å²) in [6, 6.07) is 0. The van der Waals surface area contributed by atoms with Crippen molar-refractivity contribution in [2.75, 3.05) is 13.7 Å². The van der Waals surface area contributed by atoms with Gasteiger partial charge in [-0.2, -0.15) is 0 Å². The van der Waals surface area contributed by atoms with Gasteiger partial charge in [-0.1, -0.05) is 13.3 Å². The maximum absolute atomic E-state index is 11.3. The van der Waals surface area contributed by atoms with Crippen molar-refractivity contribution in [3.05, 3.63) is 16.1 Å². The van der Waals surface area contributed by atoms with Crippen molar-refractivity contribution in [1.29, 1.82) is 0 Å². The average molecular weight is 257 g/mol. The van der Waals surface area contributed by atoms with Crippen molar-refractivity contribution in [2.24, 2.45) is 0 Å². The predicted octanol–water partition coefficient (Wildman–Crippen LogP) is 2.74. The zero-order valence-corrected chi connectivity index (χ0v) is 11.4. The van der Waals surface area contributed by atoms with Gasteiger partial charge >= 0.3 is 5.97 Å². The molecule has 0 amide bonds. The SMILES string of the molecule is CCCC(OC)c1nc(CC(=O)OCC)cs1. The molecule has 0 radical (unpaired) electrons. The molecule has 1 unspecified atom stereocenters. The molecular weight excluding hydrogens is 238 g/mol. The van der Waals surface area contributed by atoms with E-state index in [0.29, 0.717) is 6.61 Å². The van der Waals surface area contributed by atoms with Gasteiger partial charge in [0.25, 0.3) is 0 Å². The number of rotatable bonds is 7. The van der Waals surface area contributed by atoms with E-state index in [9.17, 15) is 4.79 Å². The van der Waals surface area contributed by atoms with E-state index in [2.05, 4.69) is 11.9 Å². The van der Waals surface area contributed by atoms with Gasteiger partial charge in [-0.15, -0.1) is 11.3 Å². The van der Waals surface area contributed by atoms with Crippen molar-refractivity contribution in [3.63, 3.8) is 0 Å². The van der Waals surface area contributed by atoms with Crippen LogP contribution in [0.15, 0.2) is 5.38 Å². The van der Waals surface area contributed by atoms with E-state index >= 15 is 0 Å². The lowest BCUT2D eigenvalue weighted by Crippen LogP contribution is -2.08. The molecule has 0 fully saturated rings. The first-order chi connectivity index (χ1) is 8.21. The number of ether oxygens (including phenoxy) is 2. The van der Waals surface area contributed by atoms with E-state index in [4.69, 9.17) is 9.47 Å². The molecule has 0 spiro atoms. The molecule has 0 bridgehead atoms. The third-order valence-corrected chi connectivity index (χ3v) is 3.30. The fourth-order valence-electron chi connectivity index (χ4n) is 1.52. The number of nitrogens with zero attached hydrogens (tertiary/aromatic N) is 1. The van der Waals surface area contributed by atoms with Gasteiger partial charge < -0.3 is 9.47 Å². The van der Waals surface area contributed by atoms with Crippen LogP contribution in [-0.2, 0) is 20.7 Å². The number of methoxy groups -OCH3 is 1. The topological polar surface area (TPSA) is 48.4 Å². The lowest BCUT2D eigenvalue weighted by molar-refractivity contribution is -0.142. The van der Waals surface area contributed by atoms with E-state index < -0.39 is 0 Å². The van der Waals surface area contributed by atoms with Crippen LogP contribution in [0.2, 0.25) is 0 Å². The number of hydrogen-bond acceptors (Lipinski definition) is 5. The van der Waals surface area contributed by atoms with Crippen molar-refractivity contribution in [2.45, 2.75) is 39.2 Å². The molecule has 1 aromatic heterocycles. The fraction of sp³-hybridized carbons (Fsp3) is 0.667. The normalized spacial score (nSPS) is 12.4. The molecule has 0 aliphatic rings. The summed E-state index contributed by atoms with van der Waals surface area (Å²) in [5, 5.41) is 2.84. The lowest BCUT2D eigenvalue weighted by atomic mass is 10.2. The molecule has 1 aromatic rings. The van der Waals surface area contributed by atoms with Crippen LogP contribution < -0.4 is 0 Å². The van der Waals surface area contributed by atoms with Crippen LogP contribution in [0.3, 0.4) is 0 Å². The second-order valence-corrected chi connectivity index (χ2v) is 4.56. The smallest absolute Gasteiger partial charge is 0.311 e. The van der Waals surface area contributed by atoms with E-state index in [1.165, 1.54) is 11.3 Å². The average Bonchev–Trinajstić information content (AvgIpc) is 2.74. The molecule has 1 heterocycles. The quantitative estimate of drug-likeness (QED) is 0.705. The zero-order chi connectivity index (χ0) is 12.7. The van der Waals surface area contributed by atoms with E-state index in [1.807, 2.05) is 5.38 Å². The number of carbonyl (C=O) groups is 1. The Morgan fingerprint density at radius 1 is 1.53 bits per heavy atom. The molecule has 1 rings (SSSR count). The highest BCUT2D eigenvalue weighted by Gasteiger charge is 2.15. The highest BCUT2D eigenvalue weighted by Crippen LogP contribution is 2.25. The van der Waals surface area contributed by atoms with Crippen LogP contribution in [0.25, 0.3) is 0 Å². The molecule has 0 saturated carbocycles. The molecule has 17 heavy (non-hydrogen) atoms. The summed E-state index contributed by atoms with van der Waals surface area (Å²) in [5.74, 6) is -0.228. The Labute approximate surface area is 106 Å². The minimum Gasteiger partial charge on any atom is -0.466 e. The highest BCUT2D eigenvalue weighted by molar-refractivity contribution is 7.09. The van der Waals surface area contributed by atoms with Crippen LogP contribution in [0.1, 0.15) is 43.5 Å². The first kappa shape index (κ1) is 14.1. The summed E-state index contributed by atoms with van der Waals surface area (Å²) in [6.07, 6.45) is 2.28. The van der Waals surface area contributed by atoms with Crippen LogP contribution in [0.4, 0.5) is 0 Å². The molecule has 0 aliphatic carbocycles. The molecule has 0 aliphatic heterocycles. The minimum absolute atomic E-state index is 0.0425. The van der Waals surface area contributed by atoms with Crippen LogP contribution in [0, 0.1) is 0 Å². The van der Waals surface area contributed by atoms with Gasteiger partial charge in [0.05, 0.1) is 18.7 Å². The molecule has 0 N–H and O–H groups in total. The molecule has 96 valence electrons. The van der Waals surface area contributed by atoms with Crippen molar-refractivity contribution in [3.8, 4) is 0 Å². The van der Waals surface area contributed by atoms with Crippen LogP contribution >= 0.6 is 11.3 Å². The number of thiazole rings is 1. The van der Waals surface area contributed by atoms with Crippen LogP contribution in [-0.4, -0.2) is 24.7 Å². The zero-order valence-electron chi connectivity index (χ0n) is 10.6. The second kappa shape index (κ2) is 7.40. The molecule has 0 saturated heterocycles. The molecule has 5 heteroatoms. The van der Waals surface area contributed by atoms with Crippen LogP contribution in [0.5, 0.6) is 0 Å². The van der Waals surface area contributed by atoms with Crippen molar-refractivity contribution in [1.82, 2.24) is 4.98 Å². The van der Waals surface area contributed by atoms with Crippen molar-refractivity contribution >= 4 is 17.3 Å². The van der Waals surface area contributed by atoms with E-state index in [-0.39, 0.29) is 18.5 Å². The summed E-state index contributed by atoms with van der Waals surface area (Å²) < 4.78 is 10.3. The van der Waals surface area contributed by atoms with Gasteiger partial charge in [-0.05, 0) is 13.3 Å². The monoisotopic (exact) mass is 257 g/mol. The summed E-state index contributed by atoms with van der Waals surface area (Å²) in [6.45, 7) is 4.32. The first-order valence-electron chi connectivity index (χ1n) is 5.83. The predicted molar refractivity (Wildman–Crippen MR) is 67.1 cm³/mol. The maximum Gasteiger partial charge on any atom is 0.311 e. The standard InChI is InChI=1S/C12H19NO3S/c1-4-6-10(15-3)12-13-9(8-17-12)7-11(14)16-5-2/h8,10H,4-7H2,1-3H3. The van der Waals surface area contributed by atoms with E-state index in [0.717, 1.165) is 23.5 Å². The van der Waals surface area contributed by atoms with Gasteiger partial charge in [-0.25, -0.2) is 4.98 Å². The summed E-state index contributed by atoms with van der Waals surface area (Å²) in [5.41, 5.74) is 0.765. The molecule has 4 nitrogen and oxygen atoms in total. The summed E-state index contributed by atoms with van der Waals surface area (Å²) in [7, 11) is 1.69.